The molecule has 0 N–H and O–H groups in total. The Morgan fingerprint density at radius 3 is 0.800 bits per heavy atom. The lowest BCUT2D eigenvalue weighted by molar-refractivity contribution is -0.167. The van der Waals surface area contributed by atoms with Gasteiger partial charge in [0, 0.05) is 19.3 Å². The summed E-state index contributed by atoms with van der Waals surface area (Å²) in [6, 6.07) is 0. The van der Waals surface area contributed by atoms with Crippen LogP contribution in [0.1, 0.15) is 271 Å². The van der Waals surface area contributed by atoms with Gasteiger partial charge in [-0.25, -0.2) is 0 Å². The van der Waals surface area contributed by atoms with Gasteiger partial charge >= 0.3 is 17.9 Å². The van der Waals surface area contributed by atoms with Gasteiger partial charge in [-0.3, -0.25) is 14.4 Å². The van der Waals surface area contributed by atoms with E-state index in [2.05, 4.69) is 179 Å². The molecule has 0 aromatic heterocycles. The minimum atomic E-state index is -0.824. The number of carbonyl (C=O) groups excluding carboxylic acids is 3. The number of unbranched alkanes of at least 4 members (excludes halogenated alkanes) is 20. The molecule has 6 heteroatoms. The van der Waals surface area contributed by atoms with E-state index < -0.39 is 6.10 Å². The molecule has 0 aromatic carbocycles. The Labute approximate surface area is 492 Å². The predicted molar refractivity (Wildman–Crippen MR) is 348 cm³/mol. The van der Waals surface area contributed by atoms with E-state index in [0.29, 0.717) is 19.3 Å². The zero-order valence-corrected chi connectivity index (χ0v) is 51.5. The molecule has 1 unspecified atom stereocenters. The average molecular weight is 1100 g/mol. The summed E-state index contributed by atoms with van der Waals surface area (Å²) in [7, 11) is 0. The van der Waals surface area contributed by atoms with Gasteiger partial charge in [0.2, 0.25) is 0 Å². The van der Waals surface area contributed by atoms with Crippen LogP contribution in [0.5, 0.6) is 0 Å². The van der Waals surface area contributed by atoms with Crippen LogP contribution < -0.4 is 0 Å². The number of rotatable bonds is 57. The molecule has 0 aliphatic heterocycles. The Hall–Kier alpha value is -4.97. The molecule has 80 heavy (non-hydrogen) atoms. The van der Waals surface area contributed by atoms with E-state index in [0.717, 1.165) is 148 Å². The molecule has 0 aliphatic rings. The molecular weight excluding hydrogens is 985 g/mol. The number of ether oxygens (including phenoxy) is 3. The second-order valence-electron chi connectivity index (χ2n) is 20.9. The first-order valence-electron chi connectivity index (χ1n) is 32.5. The zero-order chi connectivity index (χ0) is 57.8. The molecule has 0 saturated heterocycles. The first kappa shape index (κ1) is 75.0. The van der Waals surface area contributed by atoms with Crippen molar-refractivity contribution < 1.29 is 28.6 Å². The first-order valence-corrected chi connectivity index (χ1v) is 32.5. The van der Waals surface area contributed by atoms with E-state index in [9.17, 15) is 14.4 Å². The standard InChI is InChI=1S/C74H118O6/c1-4-7-10-13-16-19-22-25-28-31-32-33-34-35-36-37-38-39-40-41-42-44-46-49-52-55-58-61-64-67-73(76)79-70-71(69-78-72(75)66-63-60-57-54-51-48-45-30-27-24-21-18-15-12-9-6-3)80-74(77)68-65-62-59-56-53-50-47-43-29-26-23-20-17-14-11-8-5-2/h7-8,10-11,16-17,19-21,24-26,28-30,32-33,35-36,38-39,45,47,50,56,59,71H,4-6,9,12-15,18,22-23,27,31,34,37,40-44,46,48-49,51-55,57-58,60-70H2,1-3H3/b10-7-,11-8-,19-16-,20-17-,24-21-,28-25-,29-26-,33-32-,36-35-,39-38-,45-30-,50-47-,59-56-. The topological polar surface area (TPSA) is 78.9 Å². The molecule has 0 fully saturated rings. The molecule has 0 radical (unpaired) electrons. The van der Waals surface area contributed by atoms with Crippen LogP contribution in [0.25, 0.3) is 0 Å². The van der Waals surface area contributed by atoms with Crippen LogP contribution >= 0.6 is 0 Å². The number of esters is 3. The Balaban J connectivity index is 4.42. The van der Waals surface area contributed by atoms with Gasteiger partial charge in [0.15, 0.2) is 6.10 Å². The van der Waals surface area contributed by atoms with E-state index in [1.54, 1.807) is 0 Å². The van der Waals surface area contributed by atoms with Crippen molar-refractivity contribution in [2.75, 3.05) is 13.2 Å². The SMILES string of the molecule is CC/C=C\C/C=C\C/C=C\C/C=C\C/C=C\C/C=C\CCCCCCCCCCCCC(=O)OCC(COC(=O)CCCCCCC/C=C\C/C=C\CCCCCC)OC(=O)CCC/C=C\C/C=C\C/C=C\C/C=C\C/C=C\CC. The molecule has 0 amide bonds. The van der Waals surface area contributed by atoms with Gasteiger partial charge in [-0.2, -0.15) is 0 Å². The first-order chi connectivity index (χ1) is 39.5. The van der Waals surface area contributed by atoms with Gasteiger partial charge in [0.05, 0.1) is 0 Å². The van der Waals surface area contributed by atoms with Gasteiger partial charge in [-0.15, -0.1) is 0 Å². The molecule has 0 spiro atoms. The fourth-order valence-electron chi connectivity index (χ4n) is 8.45. The molecule has 0 bridgehead atoms. The van der Waals surface area contributed by atoms with Gasteiger partial charge in [-0.1, -0.05) is 269 Å². The number of carbonyl (C=O) groups is 3. The second-order valence-corrected chi connectivity index (χ2v) is 20.9. The van der Waals surface area contributed by atoms with E-state index in [1.165, 1.54) is 77.0 Å². The van der Waals surface area contributed by atoms with Crippen molar-refractivity contribution in [3.63, 3.8) is 0 Å². The van der Waals surface area contributed by atoms with Crippen molar-refractivity contribution in [3.8, 4) is 0 Å². The van der Waals surface area contributed by atoms with Crippen molar-refractivity contribution in [2.24, 2.45) is 0 Å². The van der Waals surface area contributed by atoms with Crippen LogP contribution in [0.15, 0.2) is 158 Å². The molecular formula is C74H118O6. The number of hydrogen-bond acceptors (Lipinski definition) is 6. The Bertz CT molecular complexity index is 1790. The van der Waals surface area contributed by atoms with E-state index in [4.69, 9.17) is 14.2 Å². The van der Waals surface area contributed by atoms with Gasteiger partial charge < -0.3 is 14.2 Å². The van der Waals surface area contributed by atoms with E-state index in [-0.39, 0.29) is 37.5 Å². The summed E-state index contributed by atoms with van der Waals surface area (Å²) < 4.78 is 16.9. The minimum Gasteiger partial charge on any atom is -0.462 e. The summed E-state index contributed by atoms with van der Waals surface area (Å²) >= 11 is 0. The molecule has 0 aromatic rings. The molecule has 1 atom stereocenters. The maximum Gasteiger partial charge on any atom is 0.306 e. The number of hydrogen-bond donors (Lipinski definition) is 0. The normalized spacial score (nSPS) is 13.2. The molecule has 0 aliphatic carbocycles. The summed E-state index contributed by atoms with van der Waals surface area (Å²) in [6.07, 6.45) is 96.8. The van der Waals surface area contributed by atoms with Crippen LogP contribution in [0, 0.1) is 0 Å². The molecule has 6 nitrogen and oxygen atoms in total. The third kappa shape index (κ3) is 63.9. The van der Waals surface area contributed by atoms with Crippen molar-refractivity contribution >= 4 is 17.9 Å². The highest BCUT2D eigenvalue weighted by molar-refractivity contribution is 5.71. The summed E-state index contributed by atoms with van der Waals surface area (Å²) in [6.45, 7) is 6.33. The zero-order valence-electron chi connectivity index (χ0n) is 51.5. The minimum absolute atomic E-state index is 0.113. The molecule has 0 heterocycles. The lowest BCUT2D eigenvalue weighted by Crippen LogP contribution is -2.30. The van der Waals surface area contributed by atoms with Crippen molar-refractivity contribution in [1.29, 1.82) is 0 Å². The van der Waals surface area contributed by atoms with Crippen molar-refractivity contribution in [2.45, 2.75) is 277 Å². The number of allylic oxidation sites excluding steroid dienone is 26. The van der Waals surface area contributed by atoms with Crippen molar-refractivity contribution in [1.82, 2.24) is 0 Å². The second kappa shape index (κ2) is 66.5. The maximum absolute atomic E-state index is 12.9. The fourth-order valence-corrected chi connectivity index (χ4v) is 8.45. The quantitative estimate of drug-likeness (QED) is 0.0261. The van der Waals surface area contributed by atoms with Crippen LogP contribution in [0.4, 0.5) is 0 Å². The average Bonchev–Trinajstić information content (AvgIpc) is 3.46. The summed E-state index contributed by atoms with van der Waals surface area (Å²) in [5.74, 6) is -0.992. The highest BCUT2D eigenvalue weighted by Crippen LogP contribution is 2.14. The van der Waals surface area contributed by atoms with Gasteiger partial charge in [0.1, 0.15) is 13.2 Å². The predicted octanol–water partition coefficient (Wildman–Crippen LogP) is 22.5. The third-order valence-corrected chi connectivity index (χ3v) is 13.2. The summed E-state index contributed by atoms with van der Waals surface area (Å²) in [5, 5.41) is 0. The Morgan fingerprint density at radius 1 is 0.263 bits per heavy atom. The summed E-state index contributed by atoms with van der Waals surface area (Å²) in [4.78, 5) is 38.3. The Morgan fingerprint density at radius 2 is 0.500 bits per heavy atom. The van der Waals surface area contributed by atoms with Crippen LogP contribution in [0.2, 0.25) is 0 Å². The van der Waals surface area contributed by atoms with Crippen molar-refractivity contribution in [3.05, 3.63) is 158 Å². The molecule has 0 rings (SSSR count). The summed E-state index contributed by atoms with van der Waals surface area (Å²) in [5.41, 5.74) is 0. The lowest BCUT2D eigenvalue weighted by atomic mass is 10.1. The highest BCUT2D eigenvalue weighted by Gasteiger charge is 2.19. The van der Waals surface area contributed by atoms with Crippen LogP contribution in [0.3, 0.4) is 0 Å². The fraction of sp³-hybridized carbons (Fsp3) is 0.608. The molecule has 0 saturated carbocycles. The van der Waals surface area contributed by atoms with Crippen LogP contribution in [-0.2, 0) is 28.6 Å². The third-order valence-electron chi connectivity index (χ3n) is 13.2. The van der Waals surface area contributed by atoms with Gasteiger partial charge in [-0.05, 0) is 141 Å². The van der Waals surface area contributed by atoms with Gasteiger partial charge in [0.25, 0.3) is 0 Å². The van der Waals surface area contributed by atoms with E-state index >= 15 is 0 Å². The highest BCUT2D eigenvalue weighted by atomic mass is 16.6. The van der Waals surface area contributed by atoms with E-state index in [1.807, 2.05) is 0 Å². The largest absolute Gasteiger partial charge is 0.462 e. The lowest BCUT2D eigenvalue weighted by Gasteiger charge is -2.18. The molecule has 450 valence electrons. The smallest absolute Gasteiger partial charge is 0.306 e. The Kier molecular flexibility index (Phi) is 62.4. The van der Waals surface area contributed by atoms with Crippen LogP contribution in [-0.4, -0.2) is 37.2 Å². The maximum atomic E-state index is 12.9. The monoisotopic (exact) mass is 1100 g/mol.